The third kappa shape index (κ3) is 7.08. The molecule has 8 nitrogen and oxygen atoms in total. The van der Waals surface area contributed by atoms with E-state index in [1.165, 1.54) is 6.33 Å². The van der Waals surface area contributed by atoms with Crippen molar-refractivity contribution in [2.45, 2.75) is 32.4 Å². The summed E-state index contributed by atoms with van der Waals surface area (Å²) in [5, 5.41) is 0.695. The second kappa shape index (κ2) is 13.8. The number of fused-ring (bicyclic) bond motifs is 1. The van der Waals surface area contributed by atoms with E-state index >= 15 is 4.39 Å². The summed E-state index contributed by atoms with van der Waals surface area (Å²) in [6, 6.07) is 24.0. The van der Waals surface area contributed by atoms with Crippen molar-refractivity contribution in [1.82, 2.24) is 19.5 Å². The minimum absolute atomic E-state index is 0.0760. The topological polar surface area (TPSA) is 74.5 Å². The van der Waals surface area contributed by atoms with Crippen LogP contribution < -0.4 is 18.8 Å². The number of imidazole rings is 1. The Balaban J connectivity index is 1.53. The van der Waals surface area contributed by atoms with E-state index in [0.717, 1.165) is 0 Å². The van der Waals surface area contributed by atoms with Gasteiger partial charge in [0, 0.05) is 41.2 Å². The van der Waals surface area contributed by atoms with Crippen molar-refractivity contribution in [2.24, 2.45) is 0 Å². The number of benzene rings is 4. The molecule has 238 valence electrons. The molecule has 6 aromatic rings. The minimum atomic E-state index is -0.519. The van der Waals surface area contributed by atoms with E-state index in [4.69, 9.17) is 30.5 Å². The van der Waals surface area contributed by atoms with Crippen molar-refractivity contribution in [1.29, 1.82) is 0 Å². The fourth-order valence-electron chi connectivity index (χ4n) is 5.04. The molecule has 2 aromatic heterocycles. The van der Waals surface area contributed by atoms with Gasteiger partial charge in [-0.1, -0.05) is 80.9 Å². The first-order valence-electron chi connectivity index (χ1n) is 15.0. The maximum absolute atomic E-state index is 17.1. The quantitative estimate of drug-likeness (QED) is 0.128. The van der Waals surface area contributed by atoms with Crippen LogP contribution in [0.2, 0.25) is 10.1 Å². The number of nitrogens with zero attached hydrogens (tertiary/aromatic N) is 5. The molecule has 0 aliphatic rings. The molecule has 0 aliphatic heterocycles. The smallest absolute Gasteiger partial charge is 0.316 e. The summed E-state index contributed by atoms with van der Waals surface area (Å²) in [5.41, 5.74) is 2.35. The van der Waals surface area contributed by atoms with E-state index in [1.54, 1.807) is 30.6 Å². The van der Waals surface area contributed by atoms with Gasteiger partial charge in [0.15, 0.2) is 17.3 Å². The van der Waals surface area contributed by atoms with Gasteiger partial charge in [-0.15, -0.1) is 0 Å². The van der Waals surface area contributed by atoms with Crippen LogP contribution in [0.15, 0.2) is 104 Å². The molecule has 0 saturated heterocycles. The molecule has 4 aromatic carbocycles. The summed E-state index contributed by atoms with van der Waals surface area (Å²) in [4.78, 5) is 15.1. The van der Waals surface area contributed by atoms with Crippen LogP contribution >= 0.6 is 11.6 Å². The number of hydrogen-bond donors (Lipinski definition) is 0. The highest BCUT2D eigenvalue weighted by atomic mass is 35.5. The van der Waals surface area contributed by atoms with Crippen molar-refractivity contribution >= 4 is 49.5 Å². The monoisotopic (exact) mass is 665 g/mol. The van der Waals surface area contributed by atoms with E-state index in [-0.39, 0.29) is 31.1 Å². The predicted octanol–water partition coefficient (Wildman–Crippen LogP) is 9.06. The van der Waals surface area contributed by atoms with Crippen molar-refractivity contribution in [2.75, 3.05) is 18.6 Å². The van der Waals surface area contributed by atoms with Crippen molar-refractivity contribution in [3.05, 3.63) is 115 Å². The number of hydrogen-bond acceptors (Lipinski definition) is 7. The van der Waals surface area contributed by atoms with Gasteiger partial charge in [-0.25, -0.2) is 19.3 Å². The highest BCUT2D eigenvalue weighted by Crippen LogP contribution is 2.48. The largest absolute Gasteiger partial charge is 0.539 e. The van der Waals surface area contributed by atoms with Crippen LogP contribution in [0.1, 0.15) is 20.8 Å². The SMILES string of the molecule is COc1cc2c(N(c3ccccc3)c3cc(O[Si]C(C)(C)C)c(Cl)c(-c4ccccc4)c3F)ncnc2cc1OCCn1ccnc1. The van der Waals surface area contributed by atoms with Crippen LogP contribution in [-0.4, -0.2) is 43.0 Å². The lowest BCUT2D eigenvalue weighted by Crippen LogP contribution is -2.18. The first-order valence-corrected chi connectivity index (χ1v) is 16.3. The fourth-order valence-corrected chi connectivity index (χ4v) is 5.96. The van der Waals surface area contributed by atoms with Gasteiger partial charge in [0.25, 0.3) is 0 Å². The Bertz CT molecular complexity index is 1970. The molecule has 6 rings (SSSR count). The maximum atomic E-state index is 17.1. The van der Waals surface area contributed by atoms with Gasteiger partial charge in [-0.05, 0) is 28.8 Å². The summed E-state index contributed by atoms with van der Waals surface area (Å²) in [6.07, 6.45) is 6.79. The van der Waals surface area contributed by atoms with Gasteiger partial charge in [0.2, 0.25) is 0 Å². The van der Waals surface area contributed by atoms with Gasteiger partial charge < -0.3 is 18.5 Å². The number of para-hydroxylation sites is 1. The van der Waals surface area contributed by atoms with E-state index in [1.807, 2.05) is 83.6 Å². The molecule has 0 atom stereocenters. The molecular weight excluding hydrogens is 633 g/mol. The molecule has 0 fully saturated rings. The average molecular weight is 666 g/mol. The lowest BCUT2D eigenvalue weighted by Gasteiger charge is -2.28. The second-order valence-corrected chi connectivity index (χ2v) is 14.0. The molecule has 2 heterocycles. The number of aromatic nitrogens is 4. The summed E-state index contributed by atoms with van der Waals surface area (Å²) in [6.45, 7) is 7.23. The zero-order valence-electron chi connectivity index (χ0n) is 26.4. The van der Waals surface area contributed by atoms with Gasteiger partial charge in [-0.3, -0.25) is 4.90 Å². The Morgan fingerprint density at radius 3 is 2.36 bits per heavy atom. The van der Waals surface area contributed by atoms with E-state index in [2.05, 4.69) is 30.7 Å². The zero-order chi connectivity index (χ0) is 33.0. The van der Waals surface area contributed by atoms with E-state index in [9.17, 15) is 0 Å². The molecule has 0 aliphatic carbocycles. The Morgan fingerprint density at radius 2 is 1.68 bits per heavy atom. The molecule has 0 amide bonds. The molecule has 0 N–H and O–H groups in total. The number of anilines is 3. The third-order valence-corrected chi connectivity index (χ3v) is 8.52. The summed E-state index contributed by atoms with van der Waals surface area (Å²) < 4.78 is 37.2. The Morgan fingerprint density at radius 1 is 0.936 bits per heavy atom. The molecular formula is C36H33ClFN5O3Si. The summed E-state index contributed by atoms with van der Waals surface area (Å²) in [7, 11) is 1.65. The van der Waals surface area contributed by atoms with Gasteiger partial charge in [0.1, 0.15) is 24.5 Å². The predicted molar refractivity (Wildman–Crippen MR) is 185 cm³/mol. The summed E-state index contributed by atoms with van der Waals surface area (Å²) >= 11 is 6.93. The van der Waals surface area contributed by atoms with Crippen LogP contribution in [0, 0.1) is 5.82 Å². The molecule has 2 radical (unpaired) electrons. The van der Waals surface area contributed by atoms with Crippen molar-refractivity contribution in [3.63, 3.8) is 0 Å². The van der Waals surface area contributed by atoms with E-state index in [0.29, 0.717) is 58.4 Å². The Hall–Kier alpha value is -4.93. The number of halogens is 2. The molecule has 0 saturated carbocycles. The van der Waals surface area contributed by atoms with Crippen LogP contribution in [0.25, 0.3) is 22.0 Å². The lowest BCUT2D eigenvalue weighted by atomic mass is 10.0. The van der Waals surface area contributed by atoms with Crippen LogP contribution in [0.4, 0.5) is 21.6 Å². The van der Waals surface area contributed by atoms with Crippen molar-refractivity contribution in [3.8, 4) is 28.4 Å². The standard InChI is InChI=1S/C36H33ClFN5O3Si/c1-36(2,3)47-46-31-21-28(34(38)32(33(31)37)24-11-7-5-8-12-24)43(25-13-9-6-10-14-25)35-26-19-29(44-4)30(20-27(26)40-22-41-35)45-18-17-42-16-15-39-23-42/h5-16,19-23H,17-18H2,1-4H3. The van der Waals surface area contributed by atoms with Gasteiger partial charge in [-0.2, -0.15) is 0 Å². The van der Waals surface area contributed by atoms with Crippen LogP contribution in [0.5, 0.6) is 17.2 Å². The van der Waals surface area contributed by atoms with E-state index < -0.39 is 5.82 Å². The highest BCUT2D eigenvalue weighted by molar-refractivity contribution is 6.37. The van der Waals surface area contributed by atoms with Gasteiger partial charge in [0.05, 0.1) is 36.2 Å². The van der Waals surface area contributed by atoms with Gasteiger partial charge >= 0.3 is 9.76 Å². The normalized spacial score (nSPS) is 11.4. The molecule has 11 heteroatoms. The van der Waals surface area contributed by atoms with Crippen LogP contribution in [-0.2, 0) is 6.54 Å². The molecule has 0 spiro atoms. The number of rotatable bonds is 11. The van der Waals surface area contributed by atoms with Crippen LogP contribution in [0.3, 0.4) is 0 Å². The summed E-state index contributed by atoms with van der Waals surface area (Å²) in [5.74, 6) is 1.31. The highest BCUT2D eigenvalue weighted by Gasteiger charge is 2.28. The minimum Gasteiger partial charge on any atom is -0.539 e. The molecule has 0 bridgehead atoms. The first-order chi connectivity index (χ1) is 22.7. The number of ether oxygens (including phenoxy) is 2. The van der Waals surface area contributed by atoms with Crippen molar-refractivity contribution < 1.29 is 18.3 Å². The third-order valence-electron chi connectivity index (χ3n) is 7.21. The zero-order valence-corrected chi connectivity index (χ0v) is 28.2. The Labute approximate surface area is 280 Å². The second-order valence-electron chi connectivity index (χ2n) is 11.8. The lowest BCUT2D eigenvalue weighted by molar-refractivity contribution is 0.280. The molecule has 0 unspecified atom stereocenters. The molecule has 47 heavy (non-hydrogen) atoms. The number of methoxy groups -OCH3 is 1. The first kappa shape index (κ1) is 32.0. The average Bonchev–Trinajstić information content (AvgIpc) is 3.59. The Kier molecular flexibility index (Phi) is 9.42. The fraction of sp³-hybridized carbons (Fsp3) is 0.194. The maximum Gasteiger partial charge on any atom is 0.316 e.